The summed E-state index contributed by atoms with van der Waals surface area (Å²) in [7, 11) is -3.73. The monoisotopic (exact) mass is 505 g/mol. The number of nitrogens with zero attached hydrogens (tertiary/aromatic N) is 2. The predicted octanol–water partition coefficient (Wildman–Crippen LogP) is 3.89. The molecule has 1 saturated carbocycles. The lowest BCUT2D eigenvalue weighted by molar-refractivity contribution is -0.139. The number of halogens is 1. The number of rotatable bonds is 9. The van der Waals surface area contributed by atoms with Gasteiger partial charge < -0.3 is 10.2 Å². The van der Waals surface area contributed by atoms with Gasteiger partial charge in [0.05, 0.1) is 11.9 Å². The number of carbonyl (C=O) groups excluding carboxylic acids is 2. The van der Waals surface area contributed by atoms with Gasteiger partial charge in [0, 0.05) is 17.6 Å². The lowest BCUT2D eigenvalue weighted by atomic mass is 10.1. The van der Waals surface area contributed by atoms with Crippen LogP contribution in [0.4, 0.5) is 5.69 Å². The van der Waals surface area contributed by atoms with Gasteiger partial charge in [-0.1, -0.05) is 54.3 Å². The van der Waals surface area contributed by atoms with Gasteiger partial charge in [0.15, 0.2) is 0 Å². The van der Waals surface area contributed by atoms with Gasteiger partial charge in [0.2, 0.25) is 21.8 Å². The molecule has 0 saturated heterocycles. The summed E-state index contributed by atoms with van der Waals surface area (Å²) >= 11 is 6.00. The zero-order valence-electron chi connectivity index (χ0n) is 19.8. The Morgan fingerprint density at radius 2 is 1.65 bits per heavy atom. The summed E-state index contributed by atoms with van der Waals surface area (Å²) in [6.07, 6.45) is 5.08. The number of aryl methyl sites for hydroxylation is 1. The number of amides is 2. The van der Waals surface area contributed by atoms with Crippen molar-refractivity contribution < 1.29 is 18.0 Å². The van der Waals surface area contributed by atoms with E-state index in [1.807, 2.05) is 6.92 Å². The smallest absolute Gasteiger partial charge is 0.244 e. The predicted molar refractivity (Wildman–Crippen MR) is 135 cm³/mol. The van der Waals surface area contributed by atoms with Crippen molar-refractivity contribution in [3.05, 3.63) is 64.7 Å². The van der Waals surface area contributed by atoms with Gasteiger partial charge in [-0.05, 0) is 56.5 Å². The molecule has 0 aromatic heterocycles. The molecule has 2 amide bonds. The van der Waals surface area contributed by atoms with E-state index in [2.05, 4.69) is 5.32 Å². The van der Waals surface area contributed by atoms with Gasteiger partial charge in [0.25, 0.3) is 0 Å². The Morgan fingerprint density at radius 1 is 1.06 bits per heavy atom. The van der Waals surface area contributed by atoms with Gasteiger partial charge in [-0.25, -0.2) is 8.42 Å². The first-order valence-electron chi connectivity index (χ1n) is 11.4. The molecule has 0 spiro atoms. The van der Waals surface area contributed by atoms with E-state index in [1.165, 1.54) is 4.90 Å². The number of carbonyl (C=O) groups is 2. The standard InChI is InChI=1S/C25H32ClN3O4S/c1-18-8-14-23(15-9-18)29(34(3,32)33)17-24(30)28(16-20-10-12-21(26)13-11-20)19(2)25(31)27-22-6-4-5-7-22/h8-15,19,22H,4-7,16-17H2,1-3H3,(H,27,31). The van der Waals surface area contributed by atoms with Gasteiger partial charge in [-0.2, -0.15) is 0 Å². The van der Waals surface area contributed by atoms with Crippen molar-refractivity contribution in [3.8, 4) is 0 Å². The minimum absolute atomic E-state index is 0.113. The summed E-state index contributed by atoms with van der Waals surface area (Å²) in [6.45, 7) is 3.32. The van der Waals surface area contributed by atoms with Crippen LogP contribution in [-0.2, 0) is 26.2 Å². The Kier molecular flexibility index (Phi) is 8.60. The fraction of sp³-hybridized carbons (Fsp3) is 0.440. The summed E-state index contributed by atoms with van der Waals surface area (Å²) in [5.74, 6) is -0.703. The van der Waals surface area contributed by atoms with Crippen LogP contribution in [0.15, 0.2) is 48.5 Å². The molecular formula is C25H32ClN3O4S. The second-order valence-electron chi connectivity index (χ2n) is 8.92. The van der Waals surface area contributed by atoms with Crippen LogP contribution in [0.3, 0.4) is 0 Å². The summed E-state index contributed by atoms with van der Waals surface area (Å²) < 4.78 is 26.2. The number of sulfonamides is 1. The number of hydrogen-bond acceptors (Lipinski definition) is 4. The van der Waals surface area contributed by atoms with E-state index < -0.39 is 28.5 Å². The molecule has 1 atom stereocenters. The zero-order valence-corrected chi connectivity index (χ0v) is 21.4. The highest BCUT2D eigenvalue weighted by atomic mass is 35.5. The van der Waals surface area contributed by atoms with Crippen LogP contribution in [0.25, 0.3) is 0 Å². The maximum Gasteiger partial charge on any atom is 0.244 e. The molecule has 1 fully saturated rings. The third kappa shape index (κ3) is 6.96. The van der Waals surface area contributed by atoms with Crippen molar-refractivity contribution in [1.82, 2.24) is 10.2 Å². The second-order valence-corrected chi connectivity index (χ2v) is 11.3. The molecule has 1 unspecified atom stereocenters. The van der Waals surface area contributed by atoms with Crippen LogP contribution in [0.1, 0.15) is 43.7 Å². The molecule has 7 nitrogen and oxygen atoms in total. The molecule has 34 heavy (non-hydrogen) atoms. The average Bonchev–Trinajstić information content (AvgIpc) is 3.29. The quantitative estimate of drug-likeness (QED) is 0.560. The third-order valence-corrected chi connectivity index (χ3v) is 7.53. The summed E-state index contributed by atoms with van der Waals surface area (Å²) in [6, 6.07) is 13.3. The van der Waals surface area contributed by atoms with Crippen LogP contribution in [0, 0.1) is 6.92 Å². The fourth-order valence-electron chi connectivity index (χ4n) is 4.09. The molecule has 184 valence electrons. The van der Waals surface area contributed by atoms with Gasteiger partial charge >= 0.3 is 0 Å². The second kappa shape index (κ2) is 11.2. The van der Waals surface area contributed by atoms with Crippen molar-refractivity contribution in [2.24, 2.45) is 0 Å². The molecule has 9 heteroatoms. The topological polar surface area (TPSA) is 86.8 Å². The van der Waals surface area contributed by atoms with Crippen LogP contribution in [0.5, 0.6) is 0 Å². The summed E-state index contributed by atoms with van der Waals surface area (Å²) in [4.78, 5) is 28.0. The van der Waals surface area contributed by atoms with E-state index >= 15 is 0 Å². The Morgan fingerprint density at radius 3 is 2.21 bits per heavy atom. The van der Waals surface area contributed by atoms with Gasteiger partial charge in [0.1, 0.15) is 12.6 Å². The Labute approximate surface area is 207 Å². The number of hydrogen-bond donors (Lipinski definition) is 1. The number of nitrogens with one attached hydrogen (secondary N) is 1. The Bertz CT molecular complexity index is 1100. The van der Waals surface area contributed by atoms with Crippen LogP contribution in [0.2, 0.25) is 5.02 Å². The van der Waals surface area contributed by atoms with Crippen molar-refractivity contribution >= 4 is 39.1 Å². The van der Waals surface area contributed by atoms with Crippen molar-refractivity contribution in [3.63, 3.8) is 0 Å². The molecule has 1 aliphatic rings. The highest BCUT2D eigenvalue weighted by molar-refractivity contribution is 7.92. The first-order valence-corrected chi connectivity index (χ1v) is 13.7. The molecular weight excluding hydrogens is 474 g/mol. The van der Waals surface area contributed by atoms with Crippen molar-refractivity contribution in [1.29, 1.82) is 0 Å². The first-order chi connectivity index (χ1) is 16.0. The molecule has 0 bridgehead atoms. The Balaban J connectivity index is 1.86. The molecule has 2 aromatic rings. The van der Waals surface area contributed by atoms with E-state index in [-0.39, 0.29) is 18.5 Å². The third-order valence-electron chi connectivity index (χ3n) is 6.14. The highest BCUT2D eigenvalue weighted by Gasteiger charge is 2.31. The minimum Gasteiger partial charge on any atom is -0.352 e. The van der Waals surface area contributed by atoms with Crippen LogP contribution < -0.4 is 9.62 Å². The Hall–Kier alpha value is -2.58. The molecule has 0 radical (unpaired) electrons. The van der Waals surface area contributed by atoms with E-state index in [4.69, 9.17) is 11.6 Å². The molecule has 0 aliphatic heterocycles. The highest BCUT2D eigenvalue weighted by Crippen LogP contribution is 2.21. The maximum atomic E-state index is 13.5. The molecule has 1 N–H and O–H groups in total. The lowest BCUT2D eigenvalue weighted by Gasteiger charge is -2.32. The number of anilines is 1. The largest absolute Gasteiger partial charge is 0.352 e. The molecule has 0 heterocycles. The molecule has 2 aromatic carbocycles. The van der Waals surface area contributed by atoms with Gasteiger partial charge in [-0.15, -0.1) is 0 Å². The summed E-state index contributed by atoms with van der Waals surface area (Å²) in [5, 5.41) is 3.61. The maximum absolute atomic E-state index is 13.5. The summed E-state index contributed by atoms with van der Waals surface area (Å²) in [5.41, 5.74) is 2.17. The van der Waals surface area contributed by atoms with Gasteiger partial charge in [-0.3, -0.25) is 13.9 Å². The SMILES string of the molecule is Cc1ccc(N(CC(=O)N(Cc2ccc(Cl)cc2)C(C)C(=O)NC2CCCC2)S(C)(=O)=O)cc1. The van der Waals surface area contributed by atoms with Crippen LogP contribution >= 0.6 is 11.6 Å². The van der Waals surface area contributed by atoms with Crippen molar-refractivity contribution in [2.75, 3.05) is 17.1 Å². The normalized spacial score (nSPS) is 15.1. The fourth-order valence-corrected chi connectivity index (χ4v) is 5.06. The molecule has 1 aliphatic carbocycles. The van der Waals surface area contributed by atoms with Crippen LogP contribution in [-0.4, -0.2) is 50.0 Å². The molecule has 3 rings (SSSR count). The number of benzene rings is 2. The zero-order chi connectivity index (χ0) is 24.9. The van der Waals surface area contributed by atoms with E-state index in [0.717, 1.165) is 47.4 Å². The van der Waals surface area contributed by atoms with E-state index in [1.54, 1.807) is 55.5 Å². The lowest BCUT2D eigenvalue weighted by Crippen LogP contribution is -2.52. The van der Waals surface area contributed by atoms with E-state index in [9.17, 15) is 18.0 Å². The minimum atomic E-state index is -3.73. The van der Waals surface area contributed by atoms with E-state index in [0.29, 0.717) is 10.7 Å². The average molecular weight is 506 g/mol. The first kappa shape index (κ1) is 26.0. The van der Waals surface area contributed by atoms with Crippen molar-refractivity contribution in [2.45, 2.75) is 58.2 Å².